The van der Waals surface area contributed by atoms with Gasteiger partial charge < -0.3 is 10.2 Å². The molecule has 2 N–H and O–H groups in total. The van der Waals surface area contributed by atoms with Gasteiger partial charge in [0.1, 0.15) is 5.75 Å². The van der Waals surface area contributed by atoms with Gasteiger partial charge in [0.2, 0.25) is 0 Å². The summed E-state index contributed by atoms with van der Waals surface area (Å²) in [6, 6.07) is 7.73. The summed E-state index contributed by atoms with van der Waals surface area (Å²) in [7, 11) is 0. The van der Waals surface area contributed by atoms with E-state index in [0.29, 0.717) is 11.8 Å². The molecule has 0 amide bonds. The molecule has 96 valence electrons. The standard InChI is InChI=1S/C14H23NO2/c1-3-15(9-4-5-10-16)12(2)13-7-6-8-14(17)11-13/h6-8,11-12,16-17H,3-5,9-10H2,1-2H3. The third kappa shape index (κ3) is 4.36. The molecule has 0 fully saturated rings. The molecule has 0 radical (unpaired) electrons. The lowest BCUT2D eigenvalue weighted by atomic mass is 10.1. The second kappa shape index (κ2) is 7.30. The largest absolute Gasteiger partial charge is 0.508 e. The summed E-state index contributed by atoms with van der Waals surface area (Å²) in [6.07, 6.45) is 1.86. The van der Waals surface area contributed by atoms with Crippen LogP contribution < -0.4 is 0 Å². The van der Waals surface area contributed by atoms with Crippen molar-refractivity contribution in [1.82, 2.24) is 4.90 Å². The summed E-state index contributed by atoms with van der Waals surface area (Å²) in [5.74, 6) is 0.320. The van der Waals surface area contributed by atoms with Crippen LogP contribution >= 0.6 is 0 Å². The van der Waals surface area contributed by atoms with E-state index >= 15 is 0 Å². The Bertz CT molecular complexity index is 328. The van der Waals surface area contributed by atoms with Crippen molar-refractivity contribution in [3.05, 3.63) is 29.8 Å². The van der Waals surface area contributed by atoms with Crippen molar-refractivity contribution in [2.24, 2.45) is 0 Å². The number of aliphatic hydroxyl groups is 1. The number of hydrogen-bond acceptors (Lipinski definition) is 3. The van der Waals surface area contributed by atoms with Crippen molar-refractivity contribution in [1.29, 1.82) is 0 Å². The van der Waals surface area contributed by atoms with Crippen LogP contribution in [0.25, 0.3) is 0 Å². The Labute approximate surface area is 104 Å². The van der Waals surface area contributed by atoms with Gasteiger partial charge in [0.15, 0.2) is 0 Å². The number of nitrogens with zero attached hydrogens (tertiary/aromatic N) is 1. The zero-order valence-electron chi connectivity index (χ0n) is 10.8. The van der Waals surface area contributed by atoms with E-state index in [1.54, 1.807) is 6.07 Å². The topological polar surface area (TPSA) is 43.7 Å². The average Bonchev–Trinajstić information content (AvgIpc) is 2.34. The summed E-state index contributed by atoms with van der Waals surface area (Å²) >= 11 is 0. The molecule has 17 heavy (non-hydrogen) atoms. The van der Waals surface area contributed by atoms with Crippen LogP contribution in [0.3, 0.4) is 0 Å². The second-order valence-corrected chi connectivity index (χ2v) is 4.33. The summed E-state index contributed by atoms with van der Waals surface area (Å²) in [4.78, 5) is 2.35. The quantitative estimate of drug-likeness (QED) is 0.716. The highest BCUT2D eigenvalue weighted by Crippen LogP contribution is 2.23. The van der Waals surface area contributed by atoms with Crippen LogP contribution in [0, 0.1) is 0 Å². The molecule has 0 aliphatic heterocycles. The molecule has 1 aromatic rings. The number of aromatic hydroxyl groups is 1. The van der Waals surface area contributed by atoms with Crippen molar-refractivity contribution in [3.8, 4) is 5.75 Å². The minimum Gasteiger partial charge on any atom is -0.508 e. The molecule has 0 aromatic heterocycles. The number of rotatable bonds is 7. The fourth-order valence-corrected chi connectivity index (χ4v) is 2.05. The van der Waals surface area contributed by atoms with Gasteiger partial charge in [-0.2, -0.15) is 0 Å². The highest BCUT2D eigenvalue weighted by atomic mass is 16.3. The summed E-state index contributed by atoms with van der Waals surface area (Å²) in [6.45, 7) is 6.50. The van der Waals surface area contributed by atoms with Crippen molar-refractivity contribution < 1.29 is 10.2 Å². The van der Waals surface area contributed by atoms with Crippen LogP contribution in [0.5, 0.6) is 5.75 Å². The van der Waals surface area contributed by atoms with Gasteiger partial charge in [-0.3, -0.25) is 4.90 Å². The first kappa shape index (κ1) is 14.0. The highest BCUT2D eigenvalue weighted by molar-refractivity contribution is 5.29. The lowest BCUT2D eigenvalue weighted by Gasteiger charge is -2.28. The molecule has 0 saturated carbocycles. The molecule has 0 heterocycles. The Morgan fingerprint density at radius 2 is 2.06 bits per heavy atom. The molecule has 3 heteroatoms. The van der Waals surface area contributed by atoms with Crippen LogP contribution in [0.4, 0.5) is 0 Å². The molecule has 1 unspecified atom stereocenters. The molecule has 1 atom stereocenters. The van der Waals surface area contributed by atoms with Gasteiger partial charge >= 0.3 is 0 Å². The van der Waals surface area contributed by atoms with E-state index in [9.17, 15) is 5.11 Å². The van der Waals surface area contributed by atoms with Crippen molar-refractivity contribution in [2.75, 3.05) is 19.7 Å². The third-order valence-electron chi connectivity index (χ3n) is 3.16. The summed E-state index contributed by atoms with van der Waals surface area (Å²) < 4.78 is 0. The monoisotopic (exact) mass is 237 g/mol. The Morgan fingerprint density at radius 3 is 2.65 bits per heavy atom. The zero-order valence-corrected chi connectivity index (χ0v) is 10.8. The van der Waals surface area contributed by atoms with Crippen molar-refractivity contribution in [2.45, 2.75) is 32.7 Å². The lowest BCUT2D eigenvalue weighted by Crippen LogP contribution is -2.28. The molecule has 1 rings (SSSR count). The Morgan fingerprint density at radius 1 is 1.29 bits per heavy atom. The van der Waals surface area contributed by atoms with Gasteiger partial charge in [0.25, 0.3) is 0 Å². The summed E-state index contributed by atoms with van der Waals surface area (Å²) in [5, 5.41) is 18.3. The first-order chi connectivity index (χ1) is 8.19. The maximum Gasteiger partial charge on any atom is 0.115 e. The van der Waals surface area contributed by atoms with Crippen LogP contribution in [0.1, 0.15) is 38.3 Å². The van der Waals surface area contributed by atoms with Crippen molar-refractivity contribution >= 4 is 0 Å². The van der Waals surface area contributed by atoms with E-state index in [2.05, 4.69) is 18.7 Å². The number of benzene rings is 1. The predicted molar refractivity (Wildman–Crippen MR) is 70.1 cm³/mol. The van der Waals surface area contributed by atoms with E-state index in [0.717, 1.165) is 31.5 Å². The Hall–Kier alpha value is -1.06. The SMILES string of the molecule is CCN(CCCCO)C(C)c1cccc(O)c1. The molecule has 3 nitrogen and oxygen atoms in total. The maximum atomic E-state index is 9.48. The van der Waals surface area contributed by atoms with Gasteiger partial charge in [-0.15, -0.1) is 0 Å². The zero-order chi connectivity index (χ0) is 12.7. The van der Waals surface area contributed by atoms with Crippen LogP contribution in [-0.4, -0.2) is 34.8 Å². The van der Waals surface area contributed by atoms with Gasteiger partial charge in [-0.05, 0) is 50.6 Å². The first-order valence-electron chi connectivity index (χ1n) is 6.32. The fourth-order valence-electron chi connectivity index (χ4n) is 2.05. The van der Waals surface area contributed by atoms with E-state index in [1.165, 1.54) is 0 Å². The van der Waals surface area contributed by atoms with Crippen molar-refractivity contribution in [3.63, 3.8) is 0 Å². The molecule has 0 aliphatic carbocycles. The molecule has 1 aromatic carbocycles. The number of phenols is 1. The lowest BCUT2D eigenvalue weighted by molar-refractivity contribution is 0.205. The molecular weight excluding hydrogens is 214 g/mol. The molecular formula is C14H23NO2. The average molecular weight is 237 g/mol. The van der Waals surface area contributed by atoms with Crippen LogP contribution in [-0.2, 0) is 0 Å². The number of aliphatic hydroxyl groups excluding tert-OH is 1. The predicted octanol–water partition coefficient (Wildman–Crippen LogP) is 2.55. The Balaban J connectivity index is 2.61. The number of phenolic OH excluding ortho intramolecular Hbond substituents is 1. The third-order valence-corrected chi connectivity index (χ3v) is 3.16. The number of unbranched alkanes of at least 4 members (excludes halogenated alkanes) is 1. The van der Waals surface area contributed by atoms with Gasteiger partial charge in [-0.25, -0.2) is 0 Å². The molecule has 0 saturated heterocycles. The summed E-state index contributed by atoms with van der Waals surface area (Å²) in [5.41, 5.74) is 1.14. The maximum absolute atomic E-state index is 9.48. The fraction of sp³-hybridized carbons (Fsp3) is 0.571. The highest BCUT2D eigenvalue weighted by Gasteiger charge is 2.13. The molecule has 0 bridgehead atoms. The van der Waals surface area contributed by atoms with Gasteiger partial charge in [0, 0.05) is 12.6 Å². The van der Waals surface area contributed by atoms with E-state index in [4.69, 9.17) is 5.11 Å². The first-order valence-corrected chi connectivity index (χ1v) is 6.32. The van der Waals surface area contributed by atoms with Crippen LogP contribution in [0.2, 0.25) is 0 Å². The van der Waals surface area contributed by atoms with E-state index in [-0.39, 0.29) is 6.61 Å². The minimum absolute atomic E-state index is 0.262. The Kier molecular flexibility index (Phi) is 6.01. The normalized spacial score (nSPS) is 12.9. The van der Waals surface area contributed by atoms with E-state index in [1.807, 2.05) is 18.2 Å². The second-order valence-electron chi connectivity index (χ2n) is 4.33. The molecule has 0 spiro atoms. The van der Waals surface area contributed by atoms with Gasteiger partial charge in [0.05, 0.1) is 0 Å². The number of hydrogen-bond donors (Lipinski definition) is 2. The molecule has 0 aliphatic rings. The van der Waals surface area contributed by atoms with Gasteiger partial charge in [-0.1, -0.05) is 19.1 Å². The van der Waals surface area contributed by atoms with E-state index < -0.39 is 0 Å². The van der Waals surface area contributed by atoms with Crippen LogP contribution in [0.15, 0.2) is 24.3 Å². The minimum atomic E-state index is 0.262. The smallest absolute Gasteiger partial charge is 0.115 e.